The highest BCUT2D eigenvalue weighted by molar-refractivity contribution is 7.99. The summed E-state index contributed by atoms with van der Waals surface area (Å²) in [6, 6.07) is 9.31. The number of halogens is 1. The molecular formula is C13H10FNO4S2. The number of benzene rings is 2. The minimum absolute atomic E-state index is 0.0848. The van der Waals surface area contributed by atoms with Gasteiger partial charge in [-0.25, -0.2) is 22.7 Å². The Bertz CT molecular complexity index is 806. The summed E-state index contributed by atoms with van der Waals surface area (Å²) in [7, 11) is -3.96. The summed E-state index contributed by atoms with van der Waals surface area (Å²) in [5.74, 6) is -1.82. The first-order valence-corrected chi connectivity index (χ1v) is 7.97. The molecule has 0 atom stereocenters. The number of carbonyl (C=O) groups is 1. The number of nitrogens with two attached hydrogens (primary N) is 1. The molecule has 110 valence electrons. The van der Waals surface area contributed by atoms with E-state index in [-0.39, 0.29) is 15.4 Å². The molecule has 2 rings (SSSR count). The van der Waals surface area contributed by atoms with E-state index in [1.807, 2.05) is 0 Å². The Kier molecular flexibility index (Phi) is 4.31. The lowest BCUT2D eigenvalue weighted by atomic mass is 10.2. The van der Waals surface area contributed by atoms with Crippen LogP contribution in [-0.2, 0) is 10.0 Å². The molecule has 0 aromatic heterocycles. The Morgan fingerprint density at radius 3 is 2.48 bits per heavy atom. The van der Waals surface area contributed by atoms with E-state index in [0.717, 1.165) is 17.8 Å². The number of hydrogen-bond acceptors (Lipinski definition) is 4. The molecule has 0 spiro atoms. The second kappa shape index (κ2) is 5.84. The van der Waals surface area contributed by atoms with E-state index in [4.69, 9.17) is 10.2 Å². The first-order valence-electron chi connectivity index (χ1n) is 5.61. The molecule has 5 nitrogen and oxygen atoms in total. The largest absolute Gasteiger partial charge is 0.478 e. The van der Waals surface area contributed by atoms with Crippen molar-refractivity contribution in [2.24, 2.45) is 5.14 Å². The van der Waals surface area contributed by atoms with Gasteiger partial charge in [0.1, 0.15) is 5.82 Å². The van der Waals surface area contributed by atoms with Crippen LogP contribution in [0.2, 0.25) is 0 Å². The van der Waals surface area contributed by atoms with Gasteiger partial charge in [-0.2, -0.15) is 0 Å². The summed E-state index contributed by atoms with van der Waals surface area (Å²) in [6.45, 7) is 0. The number of hydrogen-bond donors (Lipinski definition) is 2. The lowest BCUT2D eigenvalue weighted by Crippen LogP contribution is -2.12. The van der Waals surface area contributed by atoms with Crippen LogP contribution >= 0.6 is 11.8 Å². The zero-order chi connectivity index (χ0) is 15.6. The fourth-order valence-electron chi connectivity index (χ4n) is 1.56. The molecule has 0 bridgehead atoms. The first-order chi connectivity index (χ1) is 9.77. The van der Waals surface area contributed by atoms with E-state index < -0.39 is 21.8 Å². The fourth-order valence-corrected chi connectivity index (χ4v) is 2.97. The number of carboxylic acid groups (broad SMARTS) is 1. The molecular weight excluding hydrogens is 317 g/mol. The van der Waals surface area contributed by atoms with Crippen molar-refractivity contribution in [1.82, 2.24) is 0 Å². The topological polar surface area (TPSA) is 97.5 Å². The van der Waals surface area contributed by atoms with Crippen molar-refractivity contribution in [3.63, 3.8) is 0 Å². The van der Waals surface area contributed by atoms with Crippen LogP contribution in [0.1, 0.15) is 10.4 Å². The summed E-state index contributed by atoms with van der Waals surface area (Å²) < 4.78 is 36.1. The van der Waals surface area contributed by atoms with Crippen molar-refractivity contribution in [1.29, 1.82) is 0 Å². The van der Waals surface area contributed by atoms with Crippen LogP contribution < -0.4 is 5.14 Å². The smallest absolute Gasteiger partial charge is 0.335 e. The molecule has 0 saturated carbocycles. The third-order valence-electron chi connectivity index (χ3n) is 2.54. The van der Waals surface area contributed by atoms with Crippen LogP contribution in [0.5, 0.6) is 0 Å². The normalized spacial score (nSPS) is 11.3. The monoisotopic (exact) mass is 327 g/mol. The van der Waals surface area contributed by atoms with Gasteiger partial charge in [0, 0.05) is 9.79 Å². The number of primary sulfonamides is 1. The van der Waals surface area contributed by atoms with Crippen LogP contribution in [0, 0.1) is 5.82 Å². The third-order valence-corrected chi connectivity index (χ3v) is 4.49. The van der Waals surface area contributed by atoms with Crippen molar-refractivity contribution in [3.05, 3.63) is 53.8 Å². The molecule has 0 amide bonds. The van der Waals surface area contributed by atoms with Crippen LogP contribution in [0.3, 0.4) is 0 Å². The summed E-state index contributed by atoms with van der Waals surface area (Å²) >= 11 is 0.991. The van der Waals surface area contributed by atoms with Gasteiger partial charge in [-0.3, -0.25) is 0 Å². The highest BCUT2D eigenvalue weighted by atomic mass is 32.2. The molecule has 0 aliphatic carbocycles. The molecule has 0 radical (unpaired) electrons. The SMILES string of the molecule is NS(=O)(=O)c1ccc(Sc2cccc(C(=O)O)c2)c(F)c1. The van der Waals surface area contributed by atoms with Gasteiger partial charge in [-0.05, 0) is 36.4 Å². The highest BCUT2D eigenvalue weighted by Gasteiger charge is 2.13. The van der Waals surface area contributed by atoms with Crippen molar-refractivity contribution in [2.45, 2.75) is 14.7 Å². The van der Waals surface area contributed by atoms with Crippen molar-refractivity contribution < 1.29 is 22.7 Å². The maximum absolute atomic E-state index is 13.9. The summed E-state index contributed by atoms with van der Waals surface area (Å²) in [6.07, 6.45) is 0. The van der Waals surface area contributed by atoms with Gasteiger partial charge in [0.15, 0.2) is 0 Å². The Labute approximate surface area is 124 Å². The van der Waals surface area contributed by atoms with E-state index in [2.05, 4.69) is 0 Å². The van der Waals surface area contributed by atoms with Gasteiger partial charge in [0.2, 0.25) is 10.0 Å². The van der Waals surface area contributed by atoms with Gasteiger partial charge < -0.3 is 5.11 Å². The van der Waals surface area contributed by atoms with Crippen LogP contribution in [0.4, 0.5) is 4.39 Å². The Balaban J connectivity index is 2.32. The predicted molar refractivity (Wildman–Crippen MR) is 75.3 cm³/mol. The van der Waals surface area contributed by atoms with Crippen molar-refractivity contribution >= 4 is 27.8 Å². The van der Waals surface area contributed by atoms with Gasteiger partial charge in [0.05, 0.1) is 10.5 Å². The number of carboxylic acids is 1. The van der Waals surface area contributed by atoms with Gasteiger partial charge >= 0.3 is 5.97 Å². The average molecular weight is 327 g/mol. The molecule has 21 heavy (non-hydrogen) atoms. The van der Waals surface area contributed by atoms with E-state index in [9.17, 15) is 17.6 Å². The molecule has 0 aliphatic rings. The Morgan fingerprint density at radius 1 is 1.19 bits per heavy atom. The quantitative estimate of drug-likeness (QED) is 0.898. The molecule has 0 unspecified atom stereocenters. The second-order valence-electron chi connectivity index (χ2n) is 4.07. The number of rotatable bonds is 4. The minimum Gasteiger partial charge on any atom is -0.478 e. The molecule has 0 heterocycles. The van der Waals surface area contributed by atoms with Crippen LogP contribution in [0.15, 0.2) is 57.2 Å². The fraction of sp³-hybridized carbons (Fsp3) is 0. The van der Waals surface area contributed by atoms with Gasteiger partial charge in [-0.1, -0.05) is 17.8 Å². The molecule has 0 fully saturated rings. The van der Waals surface area contributed by atoms with E-state index >= 15 is 0 Å². The van der Waals surface area contributed by atoms with Crippen molar-refractivity contribution in [2.75, 3.05) is 0 Å². The zero-order valence-corrected chi connectivity index (χ0v) is 12.1. The Hall–Kier alpha value is -1.90. The summed E-state index contributed by atoms with van der Waals surface area (Å²) in [5, 5.41) is 13.8. The summed E-state index contributed by atoms with van der Waals surface area (Å²) in [4.78, 5) is 11.2. The van der Waals surface area contributed by atoms with Crippen LogP contribution in [-0.4, -0.2) is 19.5 Å². The predicted octanol–water partition coefficient (Wildman–Crippen LogP) is 2.32. The third kappa shape index (κ3) is 3.81. The maximum atomic E-state index is 13.9. The molecule has 0 saturated heterocycles. The molecule has 2 aromatic carbocycles. The zero-order valence-electron chi connectivity index (χ0n) is 10.5. The lowest BCUT2D eigenvalue weighted by molar-refractivity contribution is 0.0696. The van der Waals surface area contributed by atoms with E-state index in [1.54, 1.807) is 12.1 Å². The molecule has 0 aliphatic heterocycles. The minimum atomic E-state index is -3.96. The van der Waals surface area contributed by atoms with E-state index in [0.29, 0.717) is 4.90 Å². The Morgan fingerprint density at radius 2 is 1.90 bits per heavy atom. The number of aromatic carboxylic acids is 1. The second-order valence-corrected chi connectivity index (χ2v) is 6.75. The van der Waals surface area contributed by atoms with Crippen LogP contribution in [0.25, 0.3) is 0 Å². The van der Waals surface area contributed by atoms with Gasteiger partial charge in [0.25, 0.3) is 0 Å². The molecule has 2 aromatic rings. The first kappa shape index (κ1) is 15.5. The maximum Gasteiger partial charge on any atom is 0.335 e. The van der Waals surface area contributed by atoms with Crippen molar-refractivity contribution in [3.8, 4) is 0 Å². The van der Waals surface area contributed by atoms with Gasteiger partial charge in [-0.15, -0.1) is 0 Å². The summed E-state index contributed by atoms with van der Waals surface area (Å²) in [5.41, 5.74) is 0.0848. The lowest BCUT2D eigenvalue weighted by Gasteiger charge is -2.06. The number of sulfonamides is 1. The highest BCUT2D eigenvalue weighted by Crippen LogP contribution is 2.31. The molecule has 3 N–H and O–H groups in total. The molecule has 8 heteroatoms. The van der Waals surface area contributed by atoms with E-state index in [1.165, 1.54) is 24.3 Å². The standard InChI is InChI=1S/C13H10FNO4S2/c14-11-7-10(21(15,18)19)4-5-12(11)20-9-3-1-2-8(6-9)13(16)17/h1-7H,(H,16,17)(H2,15,18,19). The average Bonchev–Trinajstić information content (AvgIpc) is 2.40.